The molecule has 43 heavy (non-hydrogen) atoms. The van der Waals surface area contributed by atoms with Crippen molar-refractivity contribution in [3.63, 3.8) is 0 Å². The van der Waals surface area contributed by atoms with Crippen LogP contribution in [0.15, 0.2) is 42.5 Å². The third-order valence-electron chi connectivity index (χ3n) is 13.6. The molecule has 234 valence electrons. The maximum Gasteiger partial charge on any atom is 0.243 e. The van der Waals surface area contributed by atoms with E-state index in [-0.39, 0.29) is 40.8 Å². The van der Waals surface area contributed by atoms with Crippen molar-refractivity contribution < 1.29 is 26.4 Å². The highest BCUT2D eigenvalue weighted by atomic mass is 32.2. The number of fused-ring (bicyclic) bond motifs is 2. The molecule has 0 radical (unpaired) electrons. The Morgan fingerprint density at radius 1 is 0.837 bits per heavy atom. The minimum atomic E-state index is -3.80. The highest BCUT2D eigenvalue weighted by Gasteiger charge is 2.73. The van der Waals surface area contributed by atoms with Crippen LogP contribution in [0.1, 0.15) is 78.2 Å². The van der Waals surface area contributed by atoms with Crippen molar-refractivity contribution >= 4 is 31.9 Å². The van der Waals surface area contributed by atoms with E-state index in [0.29, 0.717) is 31.1 Å². The number of carbonyl (C=O) groups is 2. The molecule has 2 heterocycles. The molecule has 4 bridgehead atoms. The second kappa shape index (κ2) is 9.18. The van der Waals surface area contributed by atoms with Gasteiger partial charge in [0.2, 0.25) is 31.9 Å². The summed E-state index contributed by atoms with van der Waals surface area (Å²) in [7, 11) is -7.53. The van der Waals surface area contributed by atoms with Crippen LogP contribution in [0.25, 0.3) is 0 Å². The van der Waals surface area contributed by atoms with Gasteiger partial charge >= 0.3 is 0 Å². The van der Waals surface area contributed by atoms with Gasteiger partial charge in [-0.05, 0) is 73.2 Å². The Balaban J connectivity index is 1.15. The van der Waals surface area contributed by atoms with Crippen LogP contribution in [0.4, 0.5) is 0 Å². The molecule has 1 aromatic carbocycles. The molecule has 8 nitrogen and oxygen atoms in total. The summed E-state index contributed by atoms with van der Waals surface area (Å²) in [4.78, 5) is 27.8. The number of rotatable bonds is 6. The van der Waals surface area contributed by atoms with Gasteiger partial charge in [0.25, 0.3) is 0 Å². The summed E-state index contributed by atoms with van der Waals surface area (Å²) in [6, 6.07) is 8.84. The van der Waals surface area contributed by atoms with Crippen LogP contribution in [-0.4, -0.2) is 60.8 Å². The molecule has 6 aliphatic rings. The second-order valence-corrected chi connectivity index (χ2v) is 19.2. The molecule has 10 heteroatoms. The lowest BCUT2D eigenvalue weighted by atomic mass is 9.69. The van der Waals surface area contributed by atoms with Crippen molar-refractivity contribution in [2.45, 2.75) is 91.1 Å². The topological polar surface area (TPSA) is 109 Å². The quantitative estimate of drug-likeness (QED) is 0.429. The van der Waals surface area contributed by atoms with Gasteiger partial charge in [-0.15, -0.1) is 0 Å². The average molecular weight is 629 g/mol. The summed E-state index contributed by atoms with van der Waals surface area (Å²) in [6.45, 7) is 8.63. The SMILES string of the molecule is CC1(C)C2CCC13CS(=O)(=O)N(C(=O)CC=C[C@H](Cc1ccccc1)C(=O)N1[C@H]4CC5CCC4(CS1(=O)=O)C5(C)C)[C@H]3C2. The zero-order chi connectivity index (χ0) is 30.8. The summed E-state index contributed by atoms with van der Waals surface area (Å²) in [5, 5.41) is 0. The van der Waals surface area contributed by atoms with Gasteiger partial charge in [-0.25, -0.2) is 25.4 Å². The fourth-order valence-electron chi connectivity index (χ4n) is 10.9. The number of hydrogen-bond acceptors (Lipinski definition) is 6. The van der Waals surface area contributed by atoms with Crippen LogP contribution in [0.3, 0.4) is 0 Å². The van der Waals surface area contributed by atoms with E-state index in [9.17, 15) is 26.4 Å². The highest BCUT2D eigenvalue weighted by Crippen LogP contribution is 2.71. The molecule has 4 saturated carbocycles. The van der Waals surface area contributed by atoms with E-state index in [1.807, 2.05) is 30.3 Å². The molecule has 1 aromatic rings. The molecule has 7 rings (SSSR count). The maximum absolute atomic E-state index is 14.2. The smallest absolute Gasteiger partial charge is 0.243 e. The molecule has 7 atom stereocenters. The molecule has 2 amide bonds. The Kier molecular flexibility index (Phi) is 6.30. The Bertz CT molecular complexity index is 1620. The lowest BCUT2D eigenvalue weighted by Gasteiger charge is -2.37. The predicted octanol–water partition coefficient (Wildman–Crippen LogP) is 4.53. The van der Waals surface area contributed by atoms with Gasteiger partial charge in [-0.1, -0.05) is 70.2 Å². The van der Waals surface area contributed by atoms with Gasteiger partial charge < -0.3 is 0 Å². The molecule has 2 spiro atoms. The monoisotopic (exact) mass is 628 g/mol. The van der Waals surface area contributed by atoms with Gasteiger partial charge in [-0.2, -0.15) is 0 Å². The summed E-state index contributed by atoms with van der Waals surface area (Å²) in [5.74, 6) is -0.862. The second-order valence-electron chi connectivity index (χ2n) is 15.5. The van der Waals surface area contributed by atoms with Crippen LogP contribution in [0.5, 0.6) is 0 Å². The summed E-state index contributed by atoms with van der Waals surface area (Å²) >= 11 is 0. The fraction of sp³-hybridized carbons (Fsp3) is 0.697. The molecular formula is C33H44N2O6S2. The lowest BCUT2D eigenvalue weighted by molar-refractivity contribution is -0.132. The van der Waals surface area contributed by atoms with Crippen molar-refractivity contribution in [1.82, 2.24) is 8.61 Å². The maximum atomic E-state index is 14.2. The third-order valence-corrected chi connectivity index (χ3v) is 17.4. The van der Waals surface area contributed by atoms with E-state index >= 15 is 0 Å². The van der Waals surface area contributed by atoms with E-state index in [4.69, 9.17) is 0 Å². The van der Waals surface area contributed by atoms with Crippen molar-refractivity contribution in [3.8, 4) is 0 Å². The molecule has 4 unspecified atom stereocenters. The number of amides is 2. The molecular weight excluding hydrogens is 585 g/mol. The minimum Gasteiger partial charge on any atom is -0.273 e. The first-order valence-electron chi connectivity index (χ1n) is 15.9. The molecule has 6 fully saturated rings. The molecule has 4 aliphatic carbocycles. The van der Waals surface area contributed by atoms with E-state index in [1.165, 1.54) is 4.31 Å². The van der Waals surface area contributed by atoms with E-state index in [2.05, 4.69) is 27.7 Å². The Hall–Kier alpha value is -2.20. The highest BCUT2D eigenvalue weighted by molar-refractivity contribution is 7.90. The number of benzene rings is 1. The number of hydrogen-bond donors (Lipinski definition) is 0. The molecule has 0 aromatic heterocycles. The first kappa shape index (κ1) is 29.5. The zero-order valence-electron chi connectivity index (χ0n) is 25.7. The molecule has 2 saturated heterocycles. The summed E-state index contributed by atoms with van der Waals surface area (Å²) in [5.41, 5.74) is -0.197. The first-order valence-corrected chi connectivity index (χ1v) is 19.1. The van der Waals surface area contributed by atoms with E-state index in [0.717, 1.165) is 35.6 Å². The Labute approximate surface area is 256 Å². The summed E-state index contributed by atoms with van der Waals surface area (Å²) < 4.78 is 56.4. The van der Waals surface area contributed by atoms with Gasteiger partial charge in [-0.3, -0.25) is 9.59 Å². The van der Waals surface area contributed by atoms with E-state index in [1.54, 1.807) is 12.2 Å². The van der Waals surface area contributed by atoms with Crippen molar-refractivity contribution in [1.29, 1.82) is 0 Å². The number of sulfonamides is 2. The number of nitrogens with zero attached hydrogens (tertiary/aromatic N) is 2. The third kappa shape index (κ3) is 3.83. The Morgan fingerprint density at radius 2 is 1.35 bits per heavy atom. The van der Waals surface area contributed by atoms with Crippen LogP contribution in [-0.2, 0) is 36.1 Å². The van der Waals surface area contributed by atoms with Crippen molar-refractivity contribution in [2.75, 3.05) is 11.5 Å². The Morgan fingerprint density at radius 3 is 1.88 bits per heavy atom. The first-order chi connectivity index (χ1) is 20.1. The van der Waals surface area contributed by atoms with Crippen LogP contribution in [0.2, 0.25) is 0 Å². The average Bonchev–Trinajstić information content (AvgIpc) is 3.62. The van der Waals surface area contributed by atoms with Gasteiger partial charge in [0.15, 0.2) is 0 Å². The standard InChI is InChI=1S/C33H44N2O6S2/c1-30(2)24-13-15-32(30)20-42(38,39)34(26(32)18-24)28(36)12-8-11-23(17-22-9-6-5-7-10-22)29(37)35-27-19-25-14-16-33(27,31(25,3)4)21-43(35,40)41/h5-11,23-27H,12-21H2,1-4H3/t23-,24?,25?,26+,27+,32?,33?/m1/s1. The van der Waals surface area contributed by atoms with E-state index < -0.39 is 48.6 Å². The number of carbonyl (C=O) groups excluding carboxylic acids is 2. The van der Waals surface area contributed by atoms with Crippen LogP contribution < -0.4 is 0 Å². The van der Waals surface area contributed by atoms with Gasteiger partial charge in [0.1, 0.15) is 0 Å². The lowest BCUT2D eigenvalue weighted by Crippen LogP contribution is -2.46. The molecule has 2 aliphatic heterocycles. The minimum absolute atomic E-state index is 0.00740. The predicted molar refractivity (Wildman–Crippen MR) is 163 cm³/mol. The van der Waals surface area contributed by atoms with Crippen LogP contribution in [0, 0.1) is 39.4 Å². The normalized spacial score (nSPS) is 39.3. The zero-order valence-corrected chi connectivity index (χ0v) is 27.3. The molecule has 0 N–H and O–H groups in total. The van der Waals surface area contributed by atoms with Crippen molar-refractivity contribution in [2.24, 2.45) is 39.4 Å². The fourth-order valence-corrected chi connectivity index (χ4v) is 16.0. The van der Waals surface area contributed by atoms with Crippen molar-refractivity contribution in [3.05, 3.63) is 48.0 Å². The van der Waals surface area contributed by atoms with Crippen LogP contribution >= 0.6 is 0 Å². The van der Waals surface area contributed by atoms with Gasteiger partial charge in [0.05, 0.1) is 29.5 Å². The summed E-state index contributed by atoms with van der Waals surface area (Å²) in [6.07, 6.45) is 8.45. The largest absolute Gasteiger partial charge is 0.273 e. The van der Waals surface area contributed by atoms with Gasteiger partial charge in [0, 0.05) is 17.3 Å².